The molecule has 0 aliphatic carbocycles. The van der Waals surface area contributed by atoms with Gasteiger partial charge in [-0.1, -0.05) is 31.5 Å². The molecule has 0 aliphatic heterocycles. The third kappa shape index (κ3) is 3.35. The lowest BCUT2D eigenvalue weighted by Gasteiger charge is -2.26. The van der Waals surface area contributed by atoms with Crippen LogP contribution in [0.25, 0.3) is 0 Å². The first kappa shape index (κ1) is 14.9. The molecule has 0 fully saturated rings. The van der Waals surface area contributed by atoms with Crippen LogP contribution >= 0.6 is 11.6 Å². The molecule has 1 N–H and O–H groups in total. The quantitative estimate of drug-likeness (QED) is 0.887. The predicted molar refractivity (Wildman–Crippen MR) is 80.5 cm³/mol. The van der Waals surface area contributed by atoms with E-state index in [1.54, 1.807) is 18.5 Å². The van der Waals surface area contributed by atoms with Crippen molar-refractivity contribution >= 4 is 11.6 Å². The van der Waals surface area contributed by atoms with Crippen LogP contribution in [0.1, 0.15) is 36.9 Å². The summed E-state index contributed by atoms with van der Waals surface area (Å²) in [5.41, 5.74) is 2.09. The molecule has 1 aromatic heterocycles. The highest BCUT2D eigenvalue weighted by Gasteiger charge is 2.22. The van der Waals surface area contributed by atoms with Gasteiger partial charge in [-0.3, -0.25) is 4.98 Å². The SMILES string of the molecule is CCNC(c1ccc(F)cc1Cl)C(C)c1ccncc1. The van der Waals surface area contributed by atoms with Crippen LogP contribution in [-0.2, 0) is 0 Å². The maximum atomic E-state index is 13.2. The number of hydrogen-bond acceptors (Lipinski definition) is 2. The van der Waals surface area contributed by atoms with E-state index in [1.807, 2.05) is 19.1 Å². The Morgan fingerprint density at radius 2 is 1.95 bits per heavy atom. The summed E-state index contributed by atoms with van der Waals surface area (Å²) in [5, 5.41) is 3.89. The van der Waals surface area contributed by atoms with E-state index in [1.165, 1.54) is 17.7 Å². The average molecular weight is 293 g/mol. The van der Waals surface area contributed by atoms with Crippen LogP contribution in [0.5, 0.6) is 0 Å². The zero-order chi connectivity index (χ0) is 14.5. The number of nitrogens with zero attached hydrogens (tertiary/aromatic N) is 1. The van der Waals surface area contributed by atoms with Crippen LogP contribution in [0.2, 0.25) is 5.02 Å². The molecule has 4 heteroatoms. The molecule has 1 heterocycles. The van der Waals surface area contributed by atoms with Crippen molar-refractivity contribution in [3.63, 3.8) is 0 Å². The highest BCUT2D eigenvalue weighted by molar-refractivity contribution is 6.31. The van der Waals surface area contributed by atoms with Gasteiger partial charge in [-0.15, -0.1) is 0 Å². The average Bonchev–Trinajstić information content (AvgIpc) is 2.46. The van der Waals surface area contributed by atoms with Crippen molar-refractivity contribution in [2.45, 2.75) is 25.8 Å². The first-order valence-electron chi connectivity index (χ1n) is 6.71. The van der Waals surface area contributed by atoms with Crippen molar-refractivity contribution in [1.82, 2.24) is 10.3 Å². The van der Waals surface area contributed by atoms with Gasteiger partial charge in [0.15, 0.2) is 0 Å². The van der Waals surface area contributed by atoms with E-state index in [9.17, 15) is 4.39 Å². The molecule has 2 aromatic rings. The third-order valence-electron chi connectivity index (χ3n) is 3.45. The van der Waals surface area contributed by atoms with Gasteiger partial charge in [0.25, 0.3) is 0 Å². The van der Waals surface area contributed by atoms with Gasteiger partial charge in [0.1, 0.15) is 5.82 Å². The highest BCUT2D eigenvalue weighted by atomic mass is 35.5. The van der Waals surface area contributed by atoms with Crippen molar-refractivity contribution in [3.8, 4) is 0 Å². The van der Waals surface area contributed by atoms with E-state index in [0.29, 0.717) is 5.02 Å². The Hall–Kier alpha value is -1.45. The number of benzene rings is 1. The lowest BCUT2D eigenvalue weighted by Crippen LogP contribution is -2.26. The summed E-state index contributed by atoms with van der Waals surface area (Å²) >= 11 is 6.20. The van der Waals surface area contributed by atoms with Crippen LogP contribution in [0.3, 0.4) is 0 Å². The molecule has 106 valence electrons. The van der Waals surface area contributed by atoms with Gasteiger partial charge in [0.2, 0.25) is 0 Å². The minimum absolute atomic E-state index is 0.0375. The molecule has 0 amide bonds. The zero-order valence-corrected chi connectivity index (χ0v) is 12.4. The molecule has 0 bridgehead atoms. The molecule has 2 nitrogen and oxygen atoms in total. The van der Waals surface area contributed by atoms with Crippen molar-refractivity contribution in [1.29, 1.82) is 0 Å². The zero-order valence-electron chi connectivity index (χ0n) is 11.6. The second-order valence-electron chi connectivity index (χ2n) is 4.77. The van der Waals surface area contributed by atoms with Crippen molar-refractivity contribution in [2.75, 3.05) is 6.54 Å². The second kappa shape index (κ2) is 6.82. The van der Waals surface area contributed by atoms with E-state index < -0.39 is 0 Å². The fraction of sp³-hybridized carbons (Fsp3) is 0.312. The minimum Gasteiger partial charge on any atom is -0.310 e. The number of likely N-dealkylation sites (N-methyl/N-ethyl adjacent to an activating group) is 1. The Morgan fingerprint density at radius 3 is 2.55 bits per heavy atom. The molecule has 2 atom stereocenters. The van der Waals surface area contributed by atoms with Crippen LogP contribution < -0.4 is 5.32 Å². The van der Waals surface area contributed by atoms with E-state index in [0.717, 1.165) is 12.1 Å². The van der Waals surface area contributed by atoms with Crippen LogP contribution in [0, 0.1) is 5.82 Å². The first-order chi connectivity index (χ1) is 9.63. The van der Waals surface area contributed by atoms with Gasteiger partial charge >= 0.3 is 0 Å². The van der Waals surface area contributed by atoms with E-state index >= 15 is 0 Å². The summed E-state index contributed by atoms with van der Waals surface area (Å²) in [6.45, 7) is 4.99. The molecule has 0 spiro atoms. The Balaban J connectivity index is 2.35. The summed E-state index contributed by atoms with van der Waals surface area (Å²) < 4.78 is 13.2. The van der Waals surface area contributed by atoms with E-state index in [2.05, 4.69) is 17.2 Å². The van der Waals surface area contributed by atoms with Crippen LogP contribution in [0.15, 0.2) is 42.7 Å². The van der Waals surface area contributed by atoms with Crippen molar-refractivity contribution in [2.24, 2.45) is 0 Å². The number of aromatic nitrogens is 1. The lowest BCUT2D eigenvalue weighted by molar-refractivity contribution is 0.478. The maximum absolute atomic E-state index is 13.2. The maximum Gasteiger partial charge on any atom is 0.124 e. The first-order valence-corrected chi connectivity index (χ1v) is 7.09. The smallest absolute Gasteiger partial charge is 0.124 e. The van der Waals surface area contributed by atoms with Gasteiger partial charge < -0.3 is 5.32 Å². The molecule has 0 radical (unpaired) electrons. The fourth-order valence-corrected chi connectivity index (χ4v) is 2.67. The molecule has 0 saturated carbocycles. The van der Waals surface area contributed by atoms with Crippen LogP contribution in [0.4, 0.5) is 4.39 Å². The minimum atomic E-state index is -0.314. The molecule has 0 saturated heterocycles. The van der Waals surface area contributed by atoms with E-state index in [4.69, 9.17) is 11.6 Å². The summed E-state index contributed by atoms with van der Waals surface area (Å²) in [4.78, 5) is 4.04. The largest absolute Gasteiger partial charge is 0.310 e. The molecule has 0 aliphatic rings. The van der Waals surface area contributed by atoms with Gasteiger partial charge in [0, 0.05) is 29.4 Å². The molecule has 20 heavy (non-hydrogen) atoms. The number of halogens is 2. The topological polar surface area (TPSA) is 24.9 Å². The number of nitrogens with one attached hydrogen (secondary N) is 1. The number of hydrogen-bond donors (Lipinski definition) is 1. The normalized spacial score (nSPS) is 14.0. The molecule has 2 rings (SSSR count). The molecule has 2 unspecified atom stereocenters. The monoisotopic (exact) mass is 292 g/mol. The fourth-order valence-electron chi connectivity index (χ4n) is 2.39. The Labute approximate surface area is 124 Å². The van der Waals surface area contributed by atoms with Gasteiger partial charge in [-0.2, -0.15) is 0 Å². The number of pyridine rings is 1. The summed E-state index contributed by atoms with van der Waals surface area (Å²) in [7, 11) is 0. The van der Waals surface area contributed by atoms with Gasteiger partial charge in [0.05, 0.1) is 0 Å². The van der Waals surface area contributed by atoms with Crippen molar-refractivity contribution in [3.05, 3.63) is 64.7 Å². The predicted octanol–water partition coefficient (Wildman–Crippen LogP) is 4.33. The van der Waals surface area contributed by atoms with Gasteiger partial charge in [-0.05, 0) is 41.9 Å². The summed E-state index contributed by atoms with van der Waals surface area (Å²) in [6.07, 6.45) is 3.56. The second-order valence-corrected chi connectivity index (χ2v) is 5.18. The lowest BCUT2D eigenvalue weighted by atomic mass is 9.89. The van der Waals surface area contributed by atoms with Gasteiger partial charge in [-0.25, -0.2) is 4.39 Å². The Bertz CT molecular complexity index is 560. The Kier molecular flexibility index (Phi) is 5.10. The summed E-state index contributed by atoms with van der Waals surface area (Å²) in [6, 6.07) is 8.59. The highest BCUT2D eigenvalue weighted by Crippen LogP contribution is 2.34. The number of rotatable bonds is 5. The van der Waals surface area contributed by atoms with Crippen molar-refractivity contribution < 1.29 is 4.39 Å². The standard InChI is InChI=1S/C16H18ClFN2/c1-3-20-16(11(2)12-6-8-19-9-7-12)14-5-4-13(18)10-15(14)17/h4-11,16,20H,3H2,1-2H3. The third-order valence-corrected chi connectivity index (χ3v) is 3.78. The van der Waals surface area contributed by atoms with Crippen LogP contribution in [-0.4, -0.2) is 11.5 Å². The molecular formula is C16H18ClFN2. The Morgan fingerprint density at radius 1 is 1.25 bits per heavy atom. The summed E-state index contributed by atoms with van der Waals surface area (Å²) in [5.74, 6) is -0.105. The van der Waals surface area contributed by atoms with E-state index in [-0.39, 0.29) is 17.8 Å². The molecular weight excluding hydrogens is 275 g/mol. The molecule has 1 aromatic carbocycles.